The van der Waals surface area contributed by atoms with Gasteiger partial charge in [-0.3, -0.25) is 9.59 Å². The summed E-state index contributed by atoms with van der Waals surface area (Å²) in [5.41, 5.74) is 0.731. The molecule has 8 heteroatoms. The van der Waals surface area contributed by atoms with Gasteiger partial charge in [0.1, 0.15) is 0 Å². The van der Waals surface area contributed by atoms with E-state index in [1.54, 1.807) is 19.1 Å². The highest BCUT2D eigenvalue weighted by molar-refractivity contribution is 7.91. The van der Waals surface area contributed by atoms with Crippen LogP contribution in [-0.4, -0.2) is 57.9 Å². The van der Waals surface area contributed by atoms with E-state index in [2.05, 4.69) is 17.1 Å². The monoisotopic (exact) mass is 469 g/mol. The number of fused-ring (bicyclic) bond motifs is 2. The van der Waals surface area contributed by atoms with Crippen molar-refractivity contribution in [3.8, 4) is 0 Å². The maximum absolute atomic E-state index is 13.3. The second kappa shape index (κ2) is 9.65. The van der Waals surface area contributed by atoms with Crippen LogP contribution in [0.25, 0.3) is 0 Å². The number of hydrogen-bond acceptors (Lipinski definition) is 5. The molecule has 0 aromatic heterocycles. The van der Waals surface area contributed by atoms with Crippen molar-refractivity contribution in [2.24, 2.45) is 5.92 Å². The molecule has 1 saturated heterocycles. The van der Waals surface area contributed by atoms with Gasteiger partial charge in [0.2, 0.25) is 9.84 Å². The predicted octanol–water partition coefficient (Wildman–Crippen LogP) is 3.35. The molecular weight excluding hydrogens is 438 g/mol. The molecule has 1 N–H and O–H groups in total. The summed E-state index contributed by atoms with van der Waals surface area (Å²) in [6.45, 7) is 8.06. The van der Waals surface area contributed by atoms with Gasteiger partial charge >= 0.3 is 0 Å². The minimum absolute atomic E-state index is 0.00330. The number of amides is 2. The molecule has 7 nitrogen and oxygen atoms in total. The maximum Gasteiger partial charge on any atom is 0.259 e. The lowest BCUT2D eigenvalue weighted by molar-refractivity contribution is 0.0947. The lowest BCUT2D eigenvalue weighted by Gasteiger charge is -2.30. The number of carbonyl (C=O) groups excluding carboxylic acids is 2. The average Bonchev–Trinajstić information content (AvgIpc) is 2.88. The van der Waals surface area contributed by atoms with Crippen LogP contribution < -0.4 is 10.2 Å². The van der Waals surface area contributed by atoms with Crippen LogP contribution in [0.15, 0.2) is 52.3 Å². The maximum atomic E-state index is 13.3. The third-order valence-corrected chi connectivity index (χ3v) is 8.31. The second-order valence-corrected chi connectivity index (χ2v) is 10.8. The molecule has 1 unspecified atom stereocenters. The van der Waals surface area contributed by atoms with Crippen molar-refractivity contribution in [1.29, 1.82) is 0 Å². The molecule has 2 aliphatic rings. The van der Waals surface area contributed by atoms with Crippen LogP contribution in [0.5, 0.6) is 0 Å². The highest BCUT2D eigenvalue weighted by Crippen LogP contribution is 2.37. The van der Waals surface area contributed by atoms with Crippen LogP contribution in [0.4, 0.5) is 5.69 Å². The molecule has 2 aliphatic heterocycles. The molecule has 2 aromatic carbocycles. The molecule has 1 fully saturated rings. The normalized spacial score (nSPS) is 20.0. The molecule has 0 saturated carbocycles. The van der Waals surface area contributed by atoms with Gasteiger partial charge in [-0.25, -0.2) is 8.42 Å². The van der Waals surface area contributed by atoms with Gasteiger partial charge in [-0.15, -0.1) is 0 Å². The number of likely N-dealkylation sites (tertiary alicyclic amines) is 1. The largest absolute Gasteiger partial charge is 0.352 e. The molecule has 4 rings (SSSR count). The summed E-state index contributed by atoms with van der Waals surface area (Å²) in [6, 6.07) is 10.7. The molecule has 0 bridgehead atoms. The summed E-state index contributed by atoms with van der Waals surface area (Å²) in [4.78, 5) is 29.8. The highest BCUT2D eigenvalue weighted by atomic mass is 32.2. The zero-order chi connectivity index (χ0) is 23.6. The van der Waals surface area contributed by atoms with Gasteiger partial charge in [-0.2, -0.15) is 0 Å². The highest BCUT2D eigenvalue weighted by Gasteiger charge is 2.35. The smallest absolute Gasteiger partial charge is 0.259 e. The summed E-state index contributed by atoms with van der Waals surface area (Å²) in [5, 5.41) is 2.94. The number of anilines is 1. The Labute approximate surface area is 195 Å². The van der Waals surface area contributed by atoms with Gasteiger partial charge in [0.05, 0.1) is 21.0 Å². The van der Waals surface area contributed by atoms with Crippen molar-refractivity contribution in [2.45, 2.75) is 42.9 Å². The Morgan fingerprint density at radius 3 is 2.70 bits per heavy atom. The number of piperidine rings is 1. The second-order valence-electron chi connectivity index (χ2n) is 8.89. The van der Waals surface area contributed by atoms with Gasteiger partial charge in [-0.05, 0) is 75.5 Å². The number of rotatable bonds is 6. The van der Waals surface area contributed by atoms with E-state index in [9.17, 15) is 18.0 Å². The minimum Gasteiger partial charge on any atom is -0.352 e. The van der Waals surface area contributed by atoms with Crippen molar-refractivity contribution < 1.29 is 18.0 Å². The fourth-order valence-electron chi connectivity index (χ4n) is 4.76. The van der Waals surface area contributed by atoms with E-state index in [0.717, 1.165) is 32.0 Å². The van der Waals surface area contributed by atoms with Gasteiger partial charge in [0.25, 0.3) is 11.8 Å². The summed E-state index contributed by atoms with van der Waals surface area (Å²) < 4.78 is 26.6. The summed E-state index contributed by atoms with van der Waals surface area (Å²) in [7, 11) is -3.89. The van der Waals surface area contributed by atoms with E-state index >= 15 is 0 Å². The van der Waals surface area contributed by atoms with Gasteiger partial charge < -0.3 is 15.1 Å². The fraction of sp³-hybridized carbons (Fsp3) is 0.440. The standard InChI is InChI=1S/C25H31N3O4S/c1-3-28-21-16-19(24(29)26-13-7-15-27-14-6-8-18(2)17-27)11-12-23(21)33(31,32)22-10-5-4-9-20(22)25(28)30/h4-5,9-12,16,18H,3,6-8,13-15,17H2,1-2H3,(H,26,29). The van der Waals surface area contributed by atoms with Crippen LogP contribution >= 0.6 is 0 Å². The first-order valence-corrected chi connectivity index (χ1v) is 13.1. The Morgan fingerprint density at radius 1 is 1.15 bits per heavy atom. The lowest BCUT2D eigenvalue weighted by Crippen LogP contribution is -2.36. The SMILES string of the molecule is CCN1C(=O)c2ccccc2S(=O)(=O)c2ccc(C(=O)NCCCN3CCCC(C)C3)cc21. The fourth-order valence-corrected chi connectivity index (χ4v) is 6.39. The first kappa shape index (κ1) is 23.4. The summed E-state index contributed by atoms with van der Waals surface area (Å²) in [5.74, 6) is 0.0655. The Bertz CT molecular complexity index is 1160. The number of nitrogens with zero attached hydrogens (tertiary/aromatic N) is 2. The van der Waals surface area contributed by atoms with Crippen LogP contribution in [0.1, 0.15) is 53.8 Å². The molecule has 33 heavy (non-hydrogen) atoms. The first-order valence-electron chi connectivity index (χ1n) is 11.6. The van der Waals surface area contributed by atoms with Crippen molar-refractivity contribution >= 4 is 27.3 Å². The molecule has 176 valence electrons. The third-order valence-electron chi connectivity index (χ3n) is 6.45. The van der Waals surface area contributed by atoms with Gasteiger partial charge in [-0.1, -0.05) is 19.1 Å². The van der Waals surface area contributed by atoms with Gasteiger partial charge in [0.15, 0.2) is 0 Å². The summed E-state index contributed by atoms with van der Waals surface area (Å²) in [6.07, 6.45) is 3.36. The van der Waals surface area contributed by atoms with E-state index in [1.807, 2.05) is 0 Å². The van der Waals surface area contributed by atoms with E-state index in [4.69, 9.17) is 0 Å². The molecule has 0 radical (unpaired) electrons. The number of hydrogen-bond donors (Lipinski definition) is 1. The Balaban J connectivity index is 1.52. The number of nitrogens with one attached hydrogen (secondary N) is 1. The van der Waals surface area contributed by atoms with E-state index < -0.39 is 9.84 Å². The van der Waals surface area contributed by atoms with Crippen LogP contribution in [-0.2, 0) is 9.84 Å². The molecular formula is C25H31N3O4S. The predicted molar refractivity (Wildman–Crippen MR) is 127 cm³/mol. The minimum atomic E-state index is -3.89. The summed E-state index contributed by atoms with van der Waals surface area (Å²) >= 11 is 0. The third kappa shape index (κ3) is 4.68. The van der Waals surface area contributed by atoms with Crippen molar-refractivity contribution in [1.82, 2.24) is 10.2 Å². The van der Waals surface area contributed by atoms with Crippen LogP contribution in [0, 0.1) is 5.92 Å². The average molecular weight is 470 g/mol. The first-order chi connectivity index (χ1) is 15.8. The molecule has 2 amide bonds. The lowest BCUT2D eigenvalue weighted by atomic mass is 10.0. The Morgan fingerprint density at radius 2 is 1.94 bits per heavy atom. The number of sulfone groups is 1. The van der Waals surface area contributed by atoms with Crippen LogP contribution in [0.3, 0.4) is 0 Å². The van der Waals surface area contributed by atoms with E-state index in [-0.39, 0.29) is 39.4 Å². The number of carbonyl (C=O) groups is 2. The van der Waals surface area contributed by atoms with Gasteiger partial charge in [0, 0.05) is 25.2 Å². The Hall–Kier alpha value is -2.71. The van der Waals surface area contributed by atoms with Crippen LogP contribution in [0.2, 0.25) is 0 Å². The Kier molecular flexibility index (Phi) is 6.86. The van der Waals surface area contributed by atoms with Crippen molar-refractivity contribution in [3.05, 3.63) is 53.6 Å². The number of benzene rings is 2. The molecule has 1 atom stereocenters. The molecule has 2 heterocycles. The molecule has 0 spiro atoms. The quantitative estimate of drug-likeness (QED) is 0.656. The topological polar surface area (TPSA) is 86.8 Å². The zero-order valence-corrected chi connectivity index (χ0v) is 20.0. The zero-order valence-electron chi connectivity index (χ0n) is 19.2. The van der Waals surface area contributed by atoms with Crippen molar-refractivity contribution in [3.63, 3.8) is 0 Å². The molecule has 0 aliphatic carbocycles. The van der Waals surface area contributed by atoms with E-state index in [1.165, 1.54) is 48.1 Å². The van der Waals surface area contributed by atoms with E-state index in [0.29, 0.717) is 12.1 Å². The van der Waals surface area contributed by atoms with Crippen molar-refractivity contribution in [2.75, 3.05) is 37.6 Å². The molecule has 2 aromatic rings.